The highest BCUT2D eigenvalue weighted by Crippen LogP contribution is 2.30. The van der Waals surface area contributed by atoms with Crippen LogP contribution < -0.4 is 14.8 Å². The molecule has 0 amide bonds. The quantitative estimate of drug-likeness (QED) is 0.716. The minimum atomic E-state index is 0.137. The first kappa shape index (κ1) is 17.8. The summed E-state index contributed by atoms with van der Waals surface area (Å²) in [4.78, 5) is 0. The van der Waals surface area contributed by atoms with Crippen molar-refractivity contribution in [3.8, 4) is 11.5 Å². The number of hydrogen-bond donors (Lipinski definition) is 1. The van der Waals surface area contributed by atoms with Crippen LogP contribution in [0.15, 0.2) is 18.2 Å². The Morgan fingerprint density at radius 3 is 2.00 bits per heavy atom. The van der Waals surface area contributed by atoms with E-state index < -0.39 is 0 Å². The van der Waals surface area contributed by atoms with Gasteiger partial charge < -0.3 is 19.5 Å². The van der Waals surface area contributed by atoms with E-state index in [1.807, 2.05) is 6.07 Å². The Bertz CT molecular complexity index is 387. The standard InChI is InChI=1S/C17H29NO3/c1-6-8-16(21-5)17(18-9-7-2)13-10-14(19-3)12-15(11-13)20-4/h10-12,16-18H,6-9H2,1-5H3. The summed E-state index contributed by atoms with van der Waals surface area (Å²) in [5, 5.41) is 3.59. The molecule has 0 saturated heterocycles. The molecule has 1 N–H and O–H groups in total. The number of ether oxygens (including phenoxy) is 3. The Kier molecular flexibility index (Phi) is 8.16. The summed E-state index contributed by atoms with van der Waals surface area (Å²) in [6.07, 6.45) is 3.32. The Labute approximate surface area is 128 Å². The smallest absolute Gasteiger partial charge is 0.122 e. The number of nitrogens with one attached hydrogen (secondary N) is 1. The normalized spacial score (nSPS) is 13.8. The number of hydrogen-bond acceptors (Lipinski definition) is 4. The molecule has 0 aliphatic heterocycles. The molecule has 4 heteroatoms. The van der Waals surface area contributed by atoms with Crippen LogP contribution >= 0.6 is 0 Å². The molecule has 0 aliphatic carbocycles. The van der Waals surface area contributed by atoms with Crippen LogP contribution in [0.2, 0.25) is 0 Å². The second-order valence-electron chi connectivity index (χ2n) is 5.14. The monoisotopic (exact) mass is 295 g/mol. The van der Waals surface area contributed by atoms with Gasteiger partial charge in [0, 0.05) is 13.2 Å². The number of rotatable bonds is 10. The van der Waals surface area contributed by atoms with Crippen molar-refractivity contribution in [3.63, 3.8) is 0 Å². The van der Waals surface area contributed by atoms with E-state index in [2.05, 4.69) is 31.3 Å². The van der Waals surface area contributed by atoms with Gasteiger partial charge in [-0.1, -0.05) is 20.3 Å². The van der Waals surface area contributed by atoms with E-state index in [1.165, 1.54) is 0 Å². The van der Waals surface area contributed by atoms with Crippen LogP contribution in [0.5, 0.6) is 11.5 Å². The van der Waals surface area contributed by atoms with Crippen molar-refractivity contribution in [1.82, 2.24) is 5.32 Å². The number of methoxy groups -OCH3 is 3. The fraction of sp³-hybridized carbons (Fsp3) is 0.647. The zero-order valence-electron chi connectivity index (χ0n) is 13.9. The van der Waals surface area contributed by atoms with Crippen LogP contribution in [0.3, 0.4) is 0 Å². The third-order valence-electron chi connectivity index (χ3n) is 3.59. The van der Waals surface area contributed by atoms with Gasteiger partial charge in [-0.05, 0) is 37.1 Å². The second-order valence-corrected chi connectivity index (χ2v) is 5.14. The molecule has 0 saturated carbocycles. The van der Waals surface area contributed by atoms with E-state index in [4.69, 9.17) is 14.2 Å². The van der Waals surface area contributed by atoms with Gasteiger partial charge in [-0.2, -0.15) is 0 Å². The van der Waals surface area contributed by atoms with Crippen molar-refractivity contribution in [2.75, 3.05) is 27.9 Å². The lowest BCUT2D eigenvalue weighted by Crippen LogP contribution is -2.33. The van der Waals surface area contributed by atoms with Gasteiger partial charge >= 0.3 is 0 Å². The lowest BCUT2D eigenvalue weighted by atomic mass is 9.97. The van der Waals surface area contributed by atoms with Gasteiger partial charge in [-0.15, -0.1) is 0 Å². The molecule has 0 radical (unpaired) electrons. The van der Waals surface area contributed by atoms with Crippen molar-refractivity contribution >= 4 is 0 Å². The molecule has 1 rings (SSSR count). The Morgan fingerprint density at radius 2 is 1.57 bits per heavy atom. The van der Waals surface area contributed by atoms with E-state index in [-0.39, 0.29) is 12.1 Å². The molecule has 0 heterocycles. The fourth-order valence-electron chi connectivity index (χ4n) is 2.48. The summed E-state index contributed by atoms with van der Waals surface area (Å²) in [6.45, 7) is 5.29. The molecule has 4 nitrogen and oxygen atoms in total. The molecular weight excluding hydrogens is 266 g/mol. The minimum Gasteiger partial charge on any atom is -0.497 e. The summed E-state index contributed by atoms with van der Waals surface area (Å²) in [5.74, 6) is 1.61. The molecule has 21 heavy (non-hydrogen) atoms. The maximum Gasteiger partial charge on any atom is 0.122 e. The topological polar surface area (TPSA) is 39.7 Å². The van der Waals surface area contributed by atoms with Crippen molar-refractivity contribution in [1.29, 1.82) is 0 Å². The summed E-state index contributed by atoms with van der Waals surface area (Å²) in [7, 11) is 5.12. The fourth-order valence-corrected chi connectivity index (χ4v) is 2.48. The summed E-state index contributed by atoms with van der Waals surface area (Å²) in [5.41, 5.74) is 1.14. The first-order chi connectivity index (χ1) is 10.2. The van der Waals surface area contributed by atoms with Crippen molar-refractivity contribution < 1.29 is 14.2 Å². The molecule has 0 fully saturated rings. The van der Waals surface area contributed by atoms with Gasteiger partial charge in [0.1, 0.15) is 11.5 Å². The van der Waals surface area contributed by atoms with Crippen molar-refractivity contribution in [3.05, 3.63) is 23.8 Å². The minimum absolute atomic E-state index is 0.137. The van der Waals surface area contributed by atoms with E-state index in [0.29, 0.717) is 0 Å². The Balaban J connectivity index is 3.10. The zero-order valence-corrected chi connectivity index (χ0v) is 13.9. The lowest BCUT2D eigenvalue weighted by molar-refractivity contribution is 0.0605. The Morgan fingerprint density at radius 1 is 0.952 bits per heavy atom. The van der Waals surface area contributed by atoms with Crippen LogP contribution in [0.25, 0.3) is 0 Å². The van der Waals surface area contributed by atoms with Gasteiger partial charge in [-0.25, -0.2) is 0 Å². The van der Waals surface area contributed by atoms with Crippen LogP contribution in [0, 0.1) is 0 Å². The third-order valence-corrected chi connectivity index (χ3v) is 3.59. The molecule has 0 aromatic heterocycles. The number of benzene rings is 1. The van der Waals surface area contributed by atoms with E-state index >= 15 is 0 Å². The molecular formula is C17H29NO3. The summed E-state index contributed by atoms with van der Waals surface area (Å²) < 4.78 is 16.5. The van der Waals surface area contributed by atoms with Gasteiger partial charge in [0.15, 0.2) is 0 Å². The van der Waals surface area contributed by atoms with E-state index in [0.717, 1.165) is 42.9 Å². The molecule has 0 aliphatic rings. The molecule has 0 spiro atoms. The first-order valence-corrected chi connectivity index (χ1v) is 7.69. The highest BCUT2D eigenvalue weighted by atomic mass is 16.5. The molecule has 1 aromatic rings. The average Bonchev–Trinajstić information content (AvgIpc) is 2.53. The zero-order chi connectivity index (χ0) is 15.7. The van der Waals surface area contributed by atoms with Crippen LogP contribution in [-0.4, -0.2) is 34.0 Å². The van der Waals surface area contributed by atoms with Gasteiger partial charge in [0.2, 0.25) is 0 Å². The van der Waals surface area contributed by atoms with Crippen LogP contribution in [-0.2, 0) is 4.74 Å². The maximum absolute atomic E-state index is 5.71. The molecule has 1 aromatic carbocycles. The predicted molar refractivity (Wildman–Crippen MR) is 86.3 cm³/mol. The lowest BCUT2D eigenvalue weighted by Gasteiger charge is -2.28. The largest absolute Gasteiger partial charge is 0.497 e. The van der Waals surface area contributed by atoms with Crippen molar-refractivity contribution in [2.45, 2.75) is 45.3 Å². The summed E-state index contributed by atoms with van der Waals surface area (Å²) >= 11 is 0. The first-order valence-electron chi connectivity index (χ1n) is 7.69. The van der Waals surface area contributed by atoms with Crippen molar-refractivity contribution in [2.24, 2.45) is 0 Å². The van der Waals surface area contributed by atoms with Gasteiger partial charge in [0.05, 0.1) is 26.4 Å². The molecule has 2 atom stereocenters. The molecule has 2 unspecified atom stereocenters. The highest BCUT2D eigenvalue weighted by molar-refractivity contribution is 5.40. The molecule has 120 valence electrons. The van der Waals surface area contributed by atoms with E-state index in [9.17, 15) is 0 Å². The predicted octanol–water partition coefficient (Wildman–Crippen LogP) is 3.56. The van der Waals surface area contributed by atoms with Gasteiger partial charge in [0.25, 0.3) is 0 Å². The second kappa shape index (κ2) is 9.64. The molecule has 0 bridgehead atoms. The maximum atomic E-state index is 5.71. The SMILES string of the molecule is CCCNC(c1cc(OC)cc(OC)c1)C(CCC)OC. The highest BCUT2D eigenvalue weighted by Gasteiger charge is 2.23. The van der Waals surface area contributed by atoms with Crippen LogP contribution in [0.1, 0.15) is 44.7 Å². The van der Waals surface area contributed by atoms with Gasteiger partial charge in [-0.3, -0.25) is 0 Å². The third kappa shape index (κ3) is 5.21. The Hall–Kier alpha value is -1.26. The van der Waals surface area contributed by atoms with E-state index in [1.54, 1.807) is 21.3 Å². The average molecular weight is 295 g/mol. The summed E-state index contributed by atoms with van der Waals surface area (Å²) in [6, 6.07) is 6.13. The van der Waals surface area contributed by atoms with Crippen LogP contribution in [0.4, 0.5) is 0 Å².